The quantitative estimate of drug-likeness (QED) is 0.213. The number of fused-ring (bicyclic) bond motifs is 1. The van der Waals surface area contributed by atoms with Gasteiger partial charge in [0, 0.05) is 11.4 Å². The maximum Gasteiger partial charge on any atom is 0.337 e. The Morgan fingerprint density at radius 1 is 1.37 bits per heavy atom. The number of thioether (sulfide) groups is 1. The Morgan fingerprint density at radius 2 is 2.10 bits per heavy atom. The van der Waals surface area contributed by atoms with Gasteiger partial charge >= 0.3 is 5.97 Å². The number of aromatic nitrogens is 2. The van der Waals surface area contributed by atoms with Crippen LogP contribution in [0.2, 0.25) is 0 Å². The summed E-state index contributed by atoms with van der Waals surface area (Å²) in [6.07, 6.45) is 3.53. The van der Waals surface area contributed by atoms with Gasteiger partial charge in [-0.1, -0.05) is 49.9 Å². The number of benzene rings is 1. The van der Waals surface area contributed by atoms with Gasteiger partial charge in [-0.25, -0.2) is 14.2 Å². The molecule has 1 aromatic heterocycles. The largest absolute Gasteiger partial charge is 0.458 e. The van der Waals surface area contributed by atoms with E-state index in [-0.39, 0.29) is 17.7 Å². The lowest BCUT2D eigenvalue weighted by Crippen LogP contribution is -2.31. The van der Waals surface area contributed by atoms with Crippen LogP contribution in [0.5, 0.6) is 0 Å². The van der Waals surface area contributed by atoms with Crippen LogP contribution in [-0.2, 0) is 9.53 Å². The molecule has 6 nitrogen and oxygen atoms in total. The first-order chi connectivity index (χ1) is 14.5. The number of ether oxygens (including phenoxy) is 1. The minimum absolute atomic E-state index is 0.0419. The molecule has 0 spiro atoms. The zero-order valence-electron chi connectivity index (χ0n) is 17.0. The van der Waals surface area contributed by atoms with Gasteiger partial charge in [0.2, 0.25) is 0 Å². The van der Waals surface area contributed by atoms with Crippen LogP contribution in [0.15, 0.2) is 58.1 Å². The van der Waals surface area contributed by atoms with Gasteiger partial charge in [-0.15, -0.1) is 0 Å². The van der Waals surface area contributed by atoms with Gasteiger partial charge < -0.3 is 15.0 Å². The Balaban J connectivity index is 2.11. The number of anilines is 1. The summed E-state index contributed by atoms with van der Waals surface area (Å²) in [5.41, 5.74) is 1.38. The summed E-state index contributed by atoms with van der Waals surface area (Å²) in [4.78, 5) is 33.2. The highest BCUT2D eigenvalue weighted by atomic mass is 32.2. The van der Waals surface area contributed by atoms with Crippen LogP contribution in [0.3, 0.4) is 0 Å². The molecule has 0 radical (unpaired) electrons. The number of hydrogen-bond acceptors (Lipinski definition) is 6. The molecule has 0 fully saturated rings. The number of unbranched alkanes of at least 4 members (excludes halogenated alkanes) is 1. The molecule has 0 aliphatic carbocycles. The minimum atomic E-state index is -0.731. The van der Waals surface area contributed by atoms with Crippen LogP contribution in [0.4, 0.5) is 10.2 Å². The lowest BCUT2D eigenvalue weighted by Gasteiger charge is -2.28. The molecule has 1 atom stereocenters. The molecular weight excluding hydrogens is 405 g/mol. The lowest BCUT2D eigenvalue weighted by atomic mass is 9.82. The van der Waals surface area contributed by atoms with Crippen molar-refractivity contribution in [2.45, 2.75) is 37.8 Å². The molecular formula is C22H24FN3O3S. The molecule has 1 aromatic carbocycles. The SMILES string of the molecule is C=CCOC(=O)C1=C(C)Nc2nc(SCCCC)[nH]c(=O)c2[C@H]1c1ccc(F)cc1. The molecule has 0 bridgehead atoms. The smallest absolute Gasteiger partial charge is 0.337 e. The molecule has 2 N–H and O–H groups in total. The first kappa shape index (κ1) is 21.8. The molecule has 30 heavy (non-hydrogen) atoms. The normalized spacial score (nSPS) is 15.4. The Hall–Kier alpha value is -2.87. The summed E-state index contributed by atoms with van der Waals surface area (Å²) >= 11 is 1.48. The number of esters is 1. The topological polar surface area (TPSA) is 84.1 Å². The average Bonchev–Trinajstić information content (AvgIpc) is 2.72. The minimum Gasteiger partial charge on any atom is -0.458 e. The van der Waals surface area contributed by atoms with E-state index in [2.05, 4.69) is 28.8 Å². The highest BCUT2D eigenvalue weighted by molar-refractivity contribution is 7.99. The number of H-pyrrole nitrogens is 1. The third kappa shape index (κ3) is 4.64. The van der Waals surface area contributed by atoms with Crippen LogP contribution < -0.4 is 10.9 Å². The summed E-state index contributed by atoms with van der Waals surface area (Å²) in [7, 11) is 0. The number of halogens is 1. The van der Waals surface area contributed by atoms with Crippen molar-refractivity contribution in [3.8, 4) is 0 Å². The van der Waals surface area contributed by atoms with Crippen molar-refractivity contribution in [2.75, 3.05) is 17.7 Å². The molecule has 1 aliphatic heterocycles. The van der Waals surface area contributed by atoms with Crippen LogP contribution in [0, 0.1) is 5.82 Å². The molecule has 2 heterocycles. The third-order valence-electron chi connectivity index (χ3n) is 4.71. The summed E-state index contributed by atoms with van der Waals surface area (Å²) in [5.74, 6) is -0.470. The van der Waals surface area contributed by atoms with E-state index < -0.39 is 17.7 Å². The predicted octanol–water partition coefficient (Wildman–Crippen LogP) is 4.36. The molecule has 2 aromatic rings. The molecule has 3 rings (SSSR count). The van der Waals surface area contributed by atoms with Crippen molar-refractivity contribution in [1.82, 2.24) is 9.97 Å². The van der Waals surface area contributed by atoms with Crippen LogP contribution in [0.25, 0.3) is 0 Å². The van der Waals surface area contributed by atoms with Crippen molar-refractivity contribution in [2.24, 2.45) is 0 Å². The third-order valence-corrected chi connectivity index (χ3v) is 5.67. The van der Waals surface area contributed by atoms with Gasteiger partial charge in [-0.2, -0.15) is 0 Å². The zero-order chi connectivity index (χ0) is 21.7. The zero-order valence-corrected chi connectivity index (χ0v) is 17.8. The van der Waals surface area contributed by atoms with E-state index in [0.717, 1.165) is 18.6 Å². The van der Waals surface area contributed by atoms with Crippen LogP contribution in [0.1, 0.15) is 43.7 Å². The summed E-state index contributed by atoms with van der Waals surface area (Å²) in [6.45, 7) is 7.43. The number of allylic oxidation sites excluding steroid dienone is 1. The van der Waals surface area contributed by atoms with E-state index in [1.54, 1.807) is 19.1 Å². The van der Waals surface area contributed by atoms with Gasteiger partial charge in [0.25, 0.3) is 5.56 Å². The van der Waals surface area contributed by atoms with Gasteiger partial charge in [0.1, 0.15) is 18.2 Å². The van der Waals surface area contributed by atoms with Crippen LogP contribution in [-0.4, -0.2) is 28.3 Å². The maximum absolute atomic E-state index is 13.5. The van der Waals surface area contributed by atoms with E-state index in [1.807, 2.05) is 0 Å². The first-order valence-corrected chi connectivity index (χ1v) is 10.7. The summed E-state index contributed by atoms with van der Waals surface area (Å²) in [6, 6.07) is 5.73. The highest BCUT2D eigenvalue weighted by Gasteiger charge is 2.36. The monoisotopic (exact) mass is 429 g/mol. The standard InChI is InChI=1S/C22H24FN3O3S/c1-4-6-12-30-22-25-19-18(20(27)26-22)17(14-7-9-15(23)10-8-14)16(13(3)24-19)21(28)29-11-5-2/h5,7-10,17H,2,4,6,11-12H2,1,3H3,(H2,24,25,26,27)/t17-/m0/s1. The lowest BCUT2D eigenvalue weighted by molar-refractivity contribution is -0.138. The van der Waals surface area contributed by atoms with Gasteiger partial charge in [-0.3, -0.25) is 4.79 Å². The van der Waals surface area contributed by atoms with E-state index in [1.165, 1.54) is 30.0 Å². The van der Waals surface area contributed by atoms with Crippen molar-refractivity contribution >= 4 is 23.5 Å². The Morgan fingerprint density at radius 3 is 2.77 bits per heavy atom. The summed E-state index contributed by atoms with van der Waals surface area (Å²) < 4.78 is 18.8. The summed E-state index contributed by atoms with van der Waals surface area (Å²) in [5, 5.41) is 3.60. The number of rotatable bonds is 8. The van der Waals surface area contributed by atoms with E-state index in [4.69, 9.17) is 4.74 Å². The van der Waals surface area contributed by atoms with Crippen LogP contribution >= 0.6 is 11.8 Å². The molecule has 8 heteroatoms. The fourth-order valence-electron chi connectivity index (χ4n) is 3.28. The fourth-order valence-corrected chi connectivity index (χ4v) is 4.23. The van der Waals surface area contributed by atoms with Crippen molar-refractivity contribution < 1.29 is 13.9 Å². The highest BCUT2D eigenvalue weighted by Crippen LogP contribution is 2.40. The number of nitrogens with zero attached hydrogens (tertiary/aromatic N) is 1. The van der Waals surface area contributed by atoms with E-state index in [0.29, 0.717) is 27.8 Å². The number of aromatic amines is 1. The molecule has 1 aliphatic rings. The molecule has 158 valence electrons. The van der Waals surface area contributed by atoms with Crippen molar-refractivity contribution in [3.63, 3.8) is 0 Å². The first-order valence-electron chi connectivity index (χ1n) is 9.74. The molecule has 0 saturated carbocycles. The van der Waals surface area contributed by atoms with Gasteiger partial charge in [0.05, 0.1) is 17.1 Å². The second-order valence-corrected chi connectivity index (χ2v) is 7.95. The number of carbonyl (C=O) groups excluding carboxylic acids is 1. The second kappa shape index (κ2) is 9.75. The van der Waals surface area contributed by atoms with Crippen molar-refractivity contribution in [3.05, 3.63) is 75.5 Å². The van der Waals surface area contributed by atoms with Gasteiger partial charge in [0.15, 0.2) is 5.16 Å². The Labute approximate surface area is 178 Å². The number of carbonyl (C=O) groups is 1. The second-order valence-electron chi connectivity index (χ2n) is 6.87. The van der Waals surface area contributed by atoms with E-state index >= 15 is 0 Å². The number of hydrogen-bond donors (Lipinski definition) is 2. The predicted molar refractivity (Wildman–Crippen MR) is 116 cm³/mol. The Kier molecular flexibility index (Phi) is 7.10. The van der Waals surface area contributed by atoms with Crippen molar-refractivity contribution in [1.29, 1.82) is 0 Å². The molecule has 0 unspecified atom stereocenters. The average molecular weight is 430 g/mol. The Bertz CT molecular complexity index is 1030. The maximum atomic E-state index is 13.5. The molecule has 0 amide bonds. The van der Waals surface area contributed by atoms with Gasteiger partial charge in [-0.05, 0) is 31.0 Å². The molecule has 0 saturated heterocycles. The number of nitrogens with one attached hydrogen (secondary N) is 2. The fraction of sp³-hybridized carbons (Fsp3) is 0.318. The van der Waals surface area contributed by atoms with E-state index in [9.17, 15) is 14.0 Å².